The van der Waals surface area contributed by atoms with Crippen molar-refractivity contribution < 1.29 is 0 Å². The minimum atomic E-state index is 0.792. The van der Waals surface area contributed by atoms with E-state index in [4.69, 9.17) is 5.10 Å². The van der Waals surface area contributed by atoms with E-state index in [1.807, 2.05) is 16.8 Å². The Kier molecular flexibility index (Phi) is 3.50. The molecule has 4 nitrogen and oxygen atoms in total. The van der Waals surface area contributed by atoms with Gasteiger partial charge in [0.05, 0.1) is 5.71 Å². The number of hydrogen-bond donors (Lipinski definition) is 0. The highest BCUT2D eigenvalue weighted by atomic mass is 32.2. The molecule has 114 valence electrons. The third-order valence-electron chi connectivity index (χ3n) is 3.83. The topological polar surface area (TPSA) is 43.1 Å². The first-order chi connectivity index (χ1) is 11.2. The molecular weight excluding hydrogens is 304 g/mol. The zero-order valence-electron chi connectivity index (χ0n) is 13.0. The molecule has 0 atom stereocenters. The van der Waals surface area contributed by atoms with E-state index >= 15 is 0 Å². The Morgan fingerprint density at radius 2 is 1.74 bits per heavy atom. The SMILES string of the molecule is Cc1ccc(C2=Nn3c(nnc3-c3cccc(C)c3)SC2)cc1. The summed E-state index contributed by atoms with van der Waals surface area (Å²) in [5.41, 5.74) is 5.70. The van der Waals surface area contributed by atoms with Crippen molar-refractivity contribution in [3.63, 3.8) is 0 Å². The molecule has 2 heterocycles. The predicted molar refractivity (Wildman–Crippen MR) is 94.0 cm³/mol. The van der Waals surface area contributed by atoms with E-state index in [0.29, 0.717) is 0 Å². The summed E-state index contributed by atoms with van der Waals surface area (Å²) in [6.45, 7) is 4.17. The van der Waals surface area contributed by atoms with Gasteiger partial charge in [-0.1, -0.05) is 65.4 Å². The molecule has 0 saturated carbocycles. The molecule has 23 heavy (non-hydrogen) atoms. The van der Waals surface area contributed by atoms with Crippen molar-refractivity contribution in [1.29, 1.82) is 0 Å². The second-order valence-corrected chi connectivity index (χ2v) is 6.63. The summed E-state index contributed by atoms with van der Waals surface area (Å²) in [6, 6.07) is 16.7. The van der Waals surface area contributed by atoms with Crippen LogP contribution in [0.1, 0.15) is 16.7 Å². The highest BCUT2D eigenvalue weighted by Gasteiger charge is 2.20. The van der Waals surface area contributed by atoms with Crippen molar-refractivity contribution in [2.75, 3.05) is 5.75 Å². The number of nitrogens with zero attached hydrogens (tertiary/aromatic N) is 4. The lowest BCUT2D eigenvalue weighted by atomic mass is 10.1. The van der Waals surface area contributed by atoms with E-state index < -0.39 is 0 Å². The molecule has 0 spiro atoms. The van der Waals surface area contributed by atoms with Gasteiger partial charge in [-0.15, -0.1) is 10.2 Å². The Hall–Kier alpha value is -2.40. The third kappa shape index (κ3) is 2.68. The lowest BCUT2D eigenvalue weighted by Crippen LogP contribution is -2.13. The van der Waals surface area contributed by atoms with Crippen LogP contribution in [0.3, 0.4) is 0 Å². The van der Waals surface area contributed by atoms with Gasteiger partial charge in [-0.3, -0.25) is 0 Å². The standard InChI is InChI=1S/C18H16N4S/c1-12-6-8-14(9-7-12)16-11-23-18-20-19-17(22(18)21-16)15-5-3-4-13(2)10-15/h3-10H,11H2,1-2H3. The molecule has 3 aromatic rings. The number of rotatable bonds is 2. The smallest absolute Gasteiger partial charge is 0.187 e. The third-order valence-corrected chi connectivity index (χ3v) is 4.76. The van der Waals surface area contributed by atoms with E-state index in [-0.39, 0.29) is 0 Å². The van der Waals surface area contributed by atoms with Crippen LogP contribution in [0, 0.1) is 13.8 Å². The van der Waals surface area contributed by atoms with Crippen LogP contribution in [0.4, 0.5) is 0 Å². The van der Waals surface area contributed by atoms with Crippen molar-refractivity contribution in [3.8, 4) is 11.4 Å². The molecule has 1 aliphatic rings. The van der Waals surface area contributed by atoms with Crippen molar-refractivity contribution in [3.05, 3.63) is 65.2 Å². The molecule has 1 aliphatic heterocycles. The molecule has 1 aromatic heterocycles. The maximum atomic E-state index is 4.80. The van der Waals surface area contributed by atoms with Gasteiger partial charge in [-0.2, -0.15) is 9.78 Å². The van der Waals surface area contributed by atoms with E-state index in [1.54, 1.807) is 11.8 Å². The summed E-state index contributed by atoms with van der Waals surface area (Å²) >= 11 is 1.67. The van der Waals surface area contributed by atoms with Crippen LogP contribution >= 0.6 is 11.8 Å². The van der Waals surface area contributed by atoms with E-state index in [1.165, 1.54) is 11.1 Å². The highest BCUT2D eigenvalue weighted by molar-refractivity contribution is 7.99. The molecule has 0 fully saturated rings. The number of benzene rings is 2. The molecule has 4 rings (SSSR count). The quantitative estimate of drug-likeness (QED) is 0.719. The summed E-state index contributed by atoms with van der Waals surface area (Å²) in [7, 11) is 0. The zero-order valence-corrected chi connectivity index (χ0v) is 13.8. The van der Waals surface area contributed by atoms with E-state index in [9.17, 15) is 0 Å². The van der Waals surface area contributed by atoms with E-state index in [2.05, 4.69) is 60.4 Å². The van der Waals surface area contributed by atoms with Gasteiger partial charge < -0.3 is 0 Å². The molecule has 0 unspecified atom stereocenters. The fourth-order valence-corrected chi connectivity index (χ4v) is 3.42. The van der Waals surface area contributed by atoms with Gasteiger partial charge in [0.25, 0.3) is 0 Å². The minimum Gasteiger partial charge on any atom is -0.187 e. The molecule has 0 amide bonds. The second kappa shape index (κ2) is 5.66. The van der Waals surface area contributed by atoms with Crippen molar-refractivity contribution in [2.45, 2.75) is 19.0 Å². The first kappa shape index (κ1) is 14.2. The van der Waals surface area contributed by atoms with Crippen molar-refractivity contribution in [2.24, 2.45) is 5.10 Å². The molecule has 0 bridgehead atoms. The fourth-order valence-electron chi connectivity index (χ4n) is 2.58. The fraction of sp³-hybridized carbons (Fsp3) is 0.167. The monoisotopic (exact) mass is 320 g/mol. The Balaban J connectivity index is 1.79. The van der Waals surface area contributed by atoms with Crippen LogP contribution in [0.15, 0.2) is 58.8 Å². The van der Waals surface area contributed by atoms with Gasteiger partial charge in [-0.25, -0.2) is 0 Å². The Morgan fingerprint density at radius 1 is 0.913 bits per heavy atom. The van der Waals surface area contributed by atoms with Gasteiger partial charge >= 0.3 is 0 Å². The molecule has 5 heteroatoms. The maximum absolute atomic E-state index is 4.80. The minimum absolute atomic E-state index is 0.792. The zero-order chi connectivity index (χ0) is 15.8. The molecule has 0 radical (unpaired) electrons. The predicted octanol–water partition coefficient (Wildman–Crippen LogP) is 3.92. The van der Waals surface area contributed by atoms with Crippen molar-refractivity contribution >= 4 is 17.5 Å². The molecule has 0 saturated heterocycles. The normalized spacial score (nSPS) is 13.6. The Bertz CT molecular complexity index is 894. The first-order valence-electron chi connectivity index (χ1n) is 7.51. The van der Waals surface area contributed by atoms with Gasteiger partial charge in [0.15, 0.2) is 5.82 Å². The van der Waals surface area contributed by atoms with Crippen LogP contribution < -0.4 is 0 Å². The summed E-state index contributed by atoms with van der Waals surface area (Å²) < 4.78 is 1.86. The lowest BCUT2D eigenvalue weighted by Gasteiger charge is -2.14. The number of aryl methyl sites for hydroxylation is 2. The highest BCUT2D eigenvalue weighted by Crippen LogP contribution is 2.28. The maximum Gasteiger partial charge on any atom is 0.212 e. The Labute approximate surface area is 139 Å². The van der Waals surface area contributed by atoms with Crippen LogP contribution in [0.2, 0.25) is 0 Å². The summed E-state index contributed by atoms with van der Waals surface area (Å²) in [6.07, 6.45) is 0. The van der Waals surface area contributed by atoms with Gasteiger partial charge in [0.2, 0.25) is 5.16 Å². The van der Waals surface area contributed by atoms with E-state index in [0.717, 1.165) is 33.6 Å². The van der Waals surface area contributed by atoms with Crippen LogP contribution in [-0.4, -0.2) is 26.3 Å². The number of aromatic nitrogens is 3. The molecule has 2 aromatic carbocycles. The van der Waals surface area contributed by atoms with Crippen LogP contribution in [0.5, 0.6) is 0 Å². The average molecular weight is 320 g/mol. The molecule has 0 N–H and O–H groups in total. The average Bonchev–Trinajstić information content (AvgIpc) is 2.98. The summed E-state index contributed by atoms with van der Waals surface area (Å²) in [5.74, 6) is 1.61. The van der Waals surface area contributed by atoms with Gasteiger partial charge in [0.1, 0.15) is 0 Å². The Morgan fingerprint density at radius 3 is 2.52 bits per heavy atom. The summed E-state index contributed by atoms with van der Waals surface area (Å²) in [4.78, 5) is 0. The first-order valence-corrected chi connectivity index (χ1v) is 8.49. The number of thioether (sulfide) groups is 1. The van der Waals surface area contributed by atoms with Crippen LogP contribution in [-0.2, 0) is 0 Å². The largest absolute Gasteiger partial charge is 0.212 e. The summed E-state index contributed by atoms with van der Waals surface area (Å²) in [5, 5.41) is 14.3. The van der Waals surface area contributed by atoms with Crippen molar-refractivity contribution in [1.82, 2.24) is 14.9 Å². The number of fused-ring (bicyclic) bond motifs is 1. The second-order valence-electron chi connectivity index (χ2n) is 5.69. The number of hydrogen-bond acceptors (Lipinski definition) is 4. The molecule has 0 aliphatic carbocycles. The van der Waals surface area contributed by atoms with Crippen LogP contribution in [0.25, 0.3) is 11.4 Å². The van der Waals surface area contributed by atoms with Gasteiger partial charge in [-0.05, 0) is 25.5 Å². The van der Waals surface area contributed by atoms with Gasteiger partial charge in [0, 0.05) is 11.3 Å². The lowest BCUT2D eigenvalue weighted by molar-refractivity contribution is 0.762. The molecular formula is C18H16N4S.